The molecule has 4 heteroatoms. The van der Waals surface area contributed by atoms with Crippen molar-refractivity contribution in [1.29, 1.82) is 0 Å². The van der Waals surface area contributed by atoms with Crippen molar-refractivity contribution in [1.82, 2.24) is 5.32 Å². The lowest BCUT2D eigenvalue weighted by molar-refractivity contribution is 0.438. The van der Waals surface area contributed by atoms with Crippen LogP contribution in [0.3, 0.4) is 0 Å². The molecule has 1 atom stereocenters. The van der Waals surface area contributed by atoms with Crippen LogP contribution in [0.15, 0.2) is 34.7 Å². The molecule has 0 spiro atoms. The molecular weight excluding hydrogens is 265 g/mol. The van der Waals surface area contributed by atoms with Gasteiger partial charge in [-0.05, 0) is 50.2 Å². The molecule has 0 fully saturated rings. The zero-order valence-corrected chi connectivity index (χ0v) is 11.8. The molecule has 0 aliphatic rings. The Balaban J connectivity index is 2.20. The van der Waals surface area contributed by atoms with Crippen LogP contribution in [-0.2, 0) is 0 Å². The van der Waals surface area contributed by atoms with Gasteiger partial charge in [0.2, 0.25) is 0 Å². The van der Waals surface area contributed by atoms with Crippen LogP contribution in [0.1, 0.15) is 32.1 Å². The van der Waals surface area contributed by atoms with Crippen LogP contribution >= 0.6 is 11.6 Å². The summed E-state index contributed by atoms with van der Waals surface area (Å²) in [7, 11) is 0. The van der Waals surface area contributed by atoms with E-state index in [1.807, 2.05) is 19.1 Å². The highest BCUT2D eigenvalue weighted by atomic mass is 35.5. The first kappa shape index (κ1) is 14.1. The average Bonchev–Trinajstić information content (AvgIpc) is 2.84. The molecular formula is C15H17ClFNO. The van der Waals surface area contributed by atoms with E-state index in [-0.39, 0.29) is 11.9 Å². The van der Waals surface area contributed by atoms with E-state index in [0.717, 1.165) is 18.7 Å². The molecule has 1 unspecified atom stereocenters. The topological polar surface area (TPSA) is 25.2 Å². The van der Waals surface area contributed by atoms with E-state index >= 15 is 0 Å². The highest BCUT2D eigenvalue weighted by molar-refractivity contribution is 6.30. The molecule has 1 aromatic carbocycles. The van der Waals surface area contributed by atoms with E-state index in [0.29, 0.717) is 16.3 Å². The Labute approximate surface area is 117 Å². The molecule has 2 aromatic rings. The maximum atomic E-state index is 13.3. The Kier molecular flexibility index (Phi) is 4.61. The molecule has 1 aromatic heterocycles. The Bertz CT molecular complexity index is 533. The Morgan fingerprint density at radius 1 is 1.32 bits per heavy atom. The number of furan rings is 1. The number of halogens is 2. The second-order valence-corrected chi connectivity index (χ2v) is 4.97. The highest BCUT2D eigenvalue weighted by Gasteiger charge is 2.11. The molecule has 0 aliphatic heterocycles. The van der Waals surface area contributed by atoms with Gasteiger partial charge in [-0.1, -0.05) is 18.5 Å². The van der Waals surface area contributed by atoms with Crippen LogP contribution in [0.4, 0.5) is 4.39 Å². The number of benzene rings is 1. The summed E-state index contributed by atoms with van der Waals surface area (Å²) < 4.78 is 19.1. The fraction of sp³-hybridized carbons (Fsp3) is 0.333. The summed E-state index contributed by atoms with van der Waals surface area (Å²) in [6.07, 6.45) is 1.07. The SMILES string of the molecule is CCCNC(C)c1ccc(-c2cc(F)cc(Cl)c2)o1. The molecule has 0 saturated heterocycles. The smallest absolute Gasteiger partial charge is 0.134 e. The van der Waals surface area contributed by atoms with Gasteiger partial charge in [-0.2, -0.15) is 0 Å². The lowest BCUT2D eigenvalue weighted by Crippen LogP contribution is -2.18. The van der Waals surface area contributed by atoms with E-state index in [1.54, 1.807) is 6.07 Å². The number of rotatable bonds is 5. The Morgan fingerprint density at radius 2 is 2.11 bits per heavy atom. The molecule has 0 amide bonds. The van der Waals surface area contributed by atoms with Crippen molar-refractivity contribution in [2.24, 2.45) is 0 Å². The summed E-state index contributed by atoms with van der Waals surface area (Å²) in [6.45, 7) is 5.09. The van der Waals surface area contributed by atoms with Gasteiger partial charge in [0.05, 0.1) is 6.04 Å². The quantitative estimate of drug-likeness (QED) is 0.851. The standard InChI is InChI=1S/C15H17ClFNO/c1-3-6-18-10(2)14-4-5-15(19-14)11-7-12(16)9-13(17)8-11/h4-5,7-10,18H,3,6H2,1-2H3. The van der Waals surface area contributed by atoms with Crippen LogP contribution in [0.25, 0.3) is 11.3 Å². The van der Waals surface area contributed by atoms with E-state index in [4.69, 9.17) is 16.0 Å². The molecule has 2 rings (SSSR count). The molecule has 102 valence electrons. The van der Waals surface area contributed by atoms with Crippen molar-refractivity contribution in [3.8, 4) is 11.3 Å². The van der Waals surface area contributed by atoms with E-state index in [9.17, 15) is 4.39 Å². The van der Waals surface area contributed by atoms with Gasteiger partial charge in [-0.25, -0.2) is 4.39 Å². The fourth-order valence-corrected chi connectivity index (χ4v) is 2.12. The number of hydrogen-bond acceptors (Lipinski definition) is 2. The van der Waals surface area contributed by atoms with Crippen LogP contribution in [-0.4, -0.2) is 6.54 Å². The van der Waals surface area contributed by atoms with Crippen molar-refractivity contribution in [3.05, 3.63) is 46.9 Å². The summed E-state index contributed by atoms with van der Waals surface area (Å²) in [6, 6.07) is 8.26. The minimum Gasteiger partial charge on any atom is -0.459 e. The second kappa shape index (κ2) is 6.22. The molecule has 0 saturated carbocycles. The monoisotopic (exact) mass is 281 g/mol. The second-order valence-electron chi connectivity index (χ2n) is 4.54. The zero-order valence-electron chi connectivity index (χ0n) is 11.0. The average molecular weight is 282 g/mol. The van der Waals surface area contributed by atoms with Crippen molar-refractivity contribution in [2.45, 2.75) is 26.3 Å². The van der Waals surface area contributed by atoms with Crippen molar-refractivity contribution in [3.63, 3.8) is 0 Å². The van der Waals surface area contributed by atoms with Crippen LogP contribution in [0.2, 0.25) is 5.02 Å². The van der Waals surface area contributed by atoms with E-state index in [2.05, 4.69) is 12.2 Å². The molecule has 0 bridgehead atoms. The molecule has 19 heavy (non-hydrogen) atoms. The van der Waals surface area contributed by atoms with Gasteiger partial charge in [0.15, 0.2) is 0 Å². The lowest BCUT2D eigenvalue weighted by atomic mass is 10.2. The van der Waals surface area contributed by atoms with Crippen LogP contribution in [0, 0.1) is 5.82 Å². The predicted molar refractivity (Wildman–Crippen MR) is 75.8 cm³/mol. The number of hydrogen-bond donors (Lipinski definition) is 1. The molecule has 2 nitrogen and oxygen atoms in total. The first-order valence-electron chi connectivity index (χ1n) is 6.39. The van der Waals surface area contributed by atoms with Gasteiger partial charge >= 0.3 is 0 Å². The van der Waals surface area contributed by atoms with Gasteiger partial charge in [-0.3, -0.25) is 0 Å². The van der Waals surface area contributed by atoms with Gasteiger partial charge < -0.3 is 9.73 Å². The Hall–Kier alpha value is -1.32. The molecule has 0 radical (unpaired) electrons. The lowest BCUT2D eigenvalue weighted by Gasteiger charge is -2.09. The third-order valence-corrected chi connectivity index (χ3v) is 3.12. The third kappa shape index (κ3) is 3.58. The summed E-state index contributed by atoms with van der Waals surface area (Å²) in [5.41, 5.74) is 0.652. The zero-order chi connectivity index (χ0) is 13.8. The van der Waals surface area contributed by atoms with Gasteiger partial charge in [-0.15, -0.1) is 0 Å². The molecule has 1 heterocycles. The van der Waals surface area contributed by atoms with E-state index in [1.165, 1.54) is 12.1 Å². The predicted octanol–water partition coefficient (Wildman–Crippen LogP) is 4.80. The highest BCUT2D eigenvalue weighted by Crippen LogP contribution is 2.28. The minimum absolute atomic E-state index is 0.137. The fourth-order valence-electron chi connectivity index (χ4n) is 1.90. The van der Waals surface area contributed by atoms with Crippen molar-refractivity contribution >= 4 is 11.6 Å². The summed E-state index contributed by atoms with van der Waals surface area (Å²) in [4.78, 5) is 0. The first-order chi connectivity index (χ1) is 9.10. The summed E-state index contributed by atoms with van der Waals surface area (Å²) in [5.74, 6) is 1.10. The first-order valence-corrected chi connectivity index (χ1v) is 6.77. The van der Waals surface area contributed by atoms with Crippen LogP contribution < -0.4 is 5.32 Å². The van der Waals surface area contributed by atoms with Gasteiger partial charge in [0.1, 0.15) is 17.3 Å². The van der Waals surface area contributed by atoms with E-state index < -0.39 is 0 Å². The maximum Gasteiger partial charge on any atom is 0.134 e. The summed E-state index contributed by atoms with van der Waals surface area (Å²) >= 11 is 5.84. The van der Waals surface area contributed by atoms with Crippen LogP contribution in [0.5, 0.6) is 0 Å². The largest absolute Gasteiger partial charge is 0.459 e. The minimum atomic E-state index is -0.363. The van der Waals surface area contributed by atoms with Crippen molar-refractivity contribution in [2.75, 3.05) is 6.54 Å². The normalized spacial score (nSPS) is 12.6. The maximum absolute atomic E-state index is 13.3. The molecule has 1 N–H and O–H groups in total. The number of nitrogens with one attached hydrogen (secondary N) is 1. The van der Waals surface area contributed by atoms with Crippen molar-refractivity contribution < 1.29 is 8.81 Å². The van der Waals surface area contributed by atoms with Gasteiger partial charge in [0.25, 0.3) is 0 Å². The summed E-state index contributed by atoms with van der Waals surface area (Å²) in [5, 5.41) is 3.71. The Morgan fingerprint density at radius 3 is 2.79 bits per heavy atom. The third-order valence-electron chi connectivity index (χ3n) is 2.90. The van der Waals surface area contributed by atoms with Gasteiger partial charge in [0, 0.05) is 10.6 Å². The molecule has 0 aliphatic carbocycles.